The van der Waals surface area contributed by atoms with Gasteiger partial charge in [-0.2, -0.15) is 13.8 Å². The number of rotatable bonds is 4. The first-order chi connectivity index (χ1) is 14.1. The highest BCUT2D eigenvalue weighted by molar-refractivity contribution is 5.69. The maximum atomic E-state index is 15.0. The highest BCUT2D eigenvalue weighted by Crippen LogP contribution is 2.74. The van der Waals surface area contributed by atoms with Gasteiger partial charge in [-0.15, -0.1) is 0 Å². The van der Waals surface area contributed by atoms with E-state index in [0.29, 0.717) is 49.7 Å². The summed E-state index contributed by atoms with van der Waals surface area (Å²) < 4.78 is 30.1. The number of nitrogens with zero attached hydrogens (tertiary/aromatic N) is 4. The number of carboxylic acids is 1. The lowest BCUT2D eigenvalue weighted by Crippen LogP contribution is -2.47. The maximum Gasteiger partial charge on any atom is 0.303 e. The molecule has 6 nitrogen and oxygen atoms in total. The quantitative estimate of drug-likeness (QED) is 0.747. The highest BCUT2D eigenvalue weighted by atomic mass is 19.3. The summed E-state index contributed by atoms with van der Waals surface area (Å²) in [7, 11) is 0. The first kappa shape index (κ1) is 19.9. The summed E-state index contributed by atoms with van der Waals surface area (Å²) in [6.45, 7) is 8.44. The van der Waals surface area contributed by atoms with Crippen molar-refractivity contribution in [3.8, 4) is 0 Å². The summed E-state index contributed by atoms with van der Waals surface area (Å²) in [5.41, 5.74) is 0.260. The Kier molecular flexibility index (Phi) is 4.16. The molecule has 0 amide bonds. The van der Waals surface area contributed by atoms with Crippen molar-refractivity contribution in [2.24, 2.45) is 16.7 Å². The molecular formula is C22H30F2N4O2. The number of hydrogen-bond acceptors (Lipinski definition) is 5. The topological polar surface area (TPSA) is 69.6 Å². The van der Waals surface area contributed by atoms with Crippen LogP contribution in [0.15, 0.2) is 0 Å². The summed E-state index contributed by atoms with van der Waals surface area (Å²) in [5.74, 6) is -2.51. The molecule has 2 aliphatic heterocycles. The molecule has 4 aliphatic rings. The van der Waals surface area contributed by atoms with E-state index in [9.17, 15) is 9.90 Å². The summed E-state index contributed by atoms with van der Waals surface area (Å²) in [6, 6.07) is 0.261. The molecule has 2 saturated heterocycles. The van der Waals surface area contributed by atoms with Crippen molar-refractivity contribution in [3.63, 3.8) is 0 Å². The fourth-order valence-corrected chi connectivity index (χ4v) is 6.24. The van der Waals surface area contributed by atoms with Crippen molar-refractivity contribution in [2.45, 2.75) is 71.3 Å². The SMILES string of the molecule is C[C@@H]1CCN1c1nc(N2CC3(C)[C@@H](CC(=O)O)[C@]3(C)C2)c2c(n1)C(F)(F)CCCC2. The van der Waals surface area contributed by atoms with Crippen LogP contribution < -0.4 is 9.80 Å². The summed E-state index contributed by atoms with van der Waals surface area (Å²) in [6.07, 6.45) is 2.77. The first-order valence-electron chi connectivity index (χ1n) is 11.1. The second-order valence-corrected chi connectivity index (χ2v) is 10.3. The molecule has 3 fully saturated rings. The lowest BCUT2D eigenvalue weighted by Gasteiger charge is -2.40. The molecular weight excluding hydrogens is 390 g/mol. The van der Waals surface area contributed by atoms with E-state index < -0.39 is 11.9 Å². The Morgan fingerprint density at radius 1 is 1.20 bits per heavy atom. The summed E-state index contributed by atoms with van der Waals surface area (Å²) in [4.78, 5) is 24.7. The lowest BCUT2D eigenvalue weighted by molar-refractivity contribution is -0.137. The van der Waals surface area contributed by atoms with Gasteiger partial charge in [0.15, 0.2) is 0 Å². The molecule has 1 unspecified atom stereocenters. The Hall–Kier alpha value is -1.99. The molecule has 1 saturated carbocycles. The third-order valence-electron chi connectivity index (χ3n) is 8.54. The summed E-state index contributed by atoms with van der Waals surface area (Å²) >= 11 is 0. The monoisotopic (exact) mass is 420 g/mol. The Balaban J connectivity index is 1.54. The van der Waals surface area contributed by atoms with E-state index >= 15 is 8.78 Å². The van der Waals surface area contributed by atoms with Crippen LogP contribution in [0.1, 0.15) is 64.1 Å². The van der Waals surface area contributed by atoms with Crippen LogP contribution in [0, 0.1) is 16.7 Å². The normalized spacial score (nSPS) is 36.6. The van der Waals surface area contributed by atoms with Crippen molar-refractivity contribution >= 4 is 17.7 Å². The molecule has 1 aromatic rings. The predicted octanol–water partition coefficient (Wildman–Crippen LogP) is 3.83. The minimum atomic E-state index is -2.94. The Morgan fingerprint density at radius 3 is 2.47 bits per heavy atom. The largest absolute Gasteiger partial charge is 0.481 e. The molecule has 8 heteroatoms. The van der Waals surface area contributed by atoms with Crippen molar-refractivity contribution in [1.29, 1.82) is 0 Å². The van der Waals surface area contributed by atoms with E-state index in [-0.39, 0.29) is 41.3 Å². The van der Waals surface area contributed by atoms with Gasteiger partial charge in [0.1, 0.15) is 11.5 Å². The van der Waals surface area contributed by atoms with Gasteiger partial charge in [-0.3, -0.25) is 4.79 Å². The van der Waals surface area contributed by atoms with Crippen LogP contribution in [0.3, 0.4) is 0 Å². The molecule has 30 heavy (non-hydrogen) atoms. The average Bonchev–Trinajstić information content (AvgIpc) is 2.99. The molecule has 4 atom stereocenters. The fraction of sp³-hybridized carbons (Fsp3) is 0.773. The van der Waals surface area contributed by atoms with E-state index in [2.05, 4.69) is 30.7 Å². The molecule has 0 bridgehead atoms. The molecule has 0 radical (unpaired) electrons. The zero-order valence-electron chi connectivity index (χ0n) is 17.9. The number of hydrogen-bond donors (Lipinski definition) is 1. The van der Waals surface area contributed by atoms with Gasteiger partial charge in [-0.05, 0) is 49.4 Å². The fourth-order valence-electron chi connectivity index (χ4n) is 6.24. The number of carboxylic acid groups (broad SMARTS) is 1. The van der Waals surface area contributed by atoms with Crippen LogP contribution in [0.4, 0.5) is 20.5 Å². The number of alkyl halides is 2. The van der Waals surface area contributed by atoms with Crippen molar-refractivity contribution in [2.75, 3.05) is 29.4 Å². The highest BCUT2D eigenvalue weighted by Gasteiger charge is 2.75. The number of aliphatic carboxylic acids is 1. The van der Waals surface area contributed by atoms with Gasteiger partial charge in [0, 0.05) is 44.1 Å². The molecule has 3 heterocycles. The zero-order valence-corrected chi connectivity index (χ0v) is 17.9. The molecule has 2 aliphatic carbocycles. The molecule has 1 aromatic heterocycles. The van der Waals surface area contributed by atoms with Crippen LogP contribution in [-0.2, 0) is 17.1 Å². The number of fused-ring (bicyclic) bond motifs is 2. The van der Waals surface area contributed by atoms with E-state index in [1.54, 1.807) is 0 Å². The third kappa shape index (κ3) is 2.67. The van der Waals surface area contributed by atoms with Crippen LogP contribution in [0.25, 0.3) is 0 Å². The number of piperidine rings is 1. The van der Waals surface area contributed by atoms with Crippen LogP contribution >= 0.6 is 0 Å². The minimum Gasteiger partial charge on any atom is -0.481 e. The van der Waals surface area contributed by atoms with Crippen LogP contribution in [-0.4, -0.2) is 46.7 Å². The number of halogens is 2. The average molecular weight is 421 g/mol. The van der Waals surface area contributed by atoms with Gasteiger partial charge < -0.3 is 14.9 Å². The van der Waals surface area contributed by atoms with E-state index in [1.807, 2.05) is 4.90 Å². The van der Waals surface area contributed by atoms with Gasteiger partial charge in [-0.25, -0.2) is 4.98 Å². The molecule has 164 valence electrons. The third-order valence-corrected chi connectivity index (χ3v) is 8.54. The molecule has 5 rings (SSSR count). The van der Waals surface area contributed by atoms with Crippen LogP contribution in [0.5, 0.6) is 0 Å². The molecule has 1 N–H and O–H groups in total. The minimum absolute atomic E-state index is 0.0861. The molecule has 0 spiro atoms. The lowest BCUT2D eigenvalue weighted by atomic mass is 10.0. The van der Waals surface area contributed by atoms with Crippen molar-refractivity contribution < 1.29 is 18.7 Å². The van der Waals surface area contributed by atoms with E-state index in [1.165, 1.54) is 0 Å². The number of aromatic nitrogens is 2. The number of anilines is 2. The van der Waals surface area contributed by atoms with Crippen LogP contribution in [0.2, 0.25) is 0 Å². The van der Waals surface area contributed by atoms with E-state index in [4.69, 9.17) is 4.98 Å². The van der Waals surface area contributed by atoms with Gasteiger partial charge in [0.05, 0.1) is 0 Å². The second-order valence-electron chi connectivity index (χ2n) is 10.3. The zero-order chi connectivity index (χ0) is 21.5. The Labute approximate surface area is 175 Å². The van der Waals surface area contributed by atoms with Gasteiger partial charge in [-0.1, -0.05) is 13.8 Å². The maximum absolute atomic E-state index is 15.0. The standard InChI is InChI=1S/C22H30F2N4O2/c1-13-7-9-28(13)19-25-17-14(6-4-5-8-22(17,23)24)18(26-19)27-11-20(2)15(10-16(29)30)21(20,3)12-27/h13,15H,4-12H2,1-3H3,(H,29,30)/t13-,15-,20?,21+/m1/s1. The molecule has 0 aromatic carbocycles. The van der Waals surface area contributed by atoms with E-state index in [0.717, 1.165) is 13.0 Å². The van der Waals surface area contributed by atoms with Gasteiger partial charge in [0.2, 0.25) is 5.95 Å². The van der Waals surface area contributed by atoms with Gasteiger partial charge >= 0.3 is 5.97 Å². The van der Waals surface area contributed by atoms with Crippen molar-refractivity contribution in [3.05, 3.63) is 11.3 Å². The number of carbonyl (C=O) groups is 1. The van der Waals surface area contributed by atoms with Gasteiger partial charge in [0.25, 0.3) is 5.92 Å². The second kappa shape index (κ2) is 6.26. The summed E-state index contributed by atoms with van der Waals surface area (Å²) in [5, 5.41) is 9.27. The predicted molar refractivity (Wildman–Crippen MR) is 109 cm³/mol. The van der Waals surface area contributed by atoms with Crippen molar-refractivity contribution in [1.82, 2.24) is 9.97 Å². The smallest absolute Gasteiger partial charge is 0.303 e. The first-order valence-corrected chi connectivity index (χ1v) is 11.1. The Morgan fingerprint density at radius 2 is 1.90 bits per heavy atom. The Bertz CT molecular complexity index is 891.